The molecule has 0 saturated carbocycles. The Kier molecular flexibility index (Phi) is 5.09. The number of benzene rings is 2. The molecular formula is C14H11Br3FNO. The monoisotopic (exact) mass is 465 g/mol. The Bertz CT molecular complexity index is 625. The quantitative estimate of drug-likeness (QED) is 0.581. The first-order valence-electron chi connectivity index (χ1n) is 5.78. The van der Waals surface area contributed by atoms with E-state index in [-0.39, 0.29) is 17.6 Å². The molecule has 0 spiro atoms. The smallest absolute Gasteiger partial charge is 0.123 e. The number of hydrogen-bond acceptors (Lipinski definition) is 2. The lowest BCUT2D eigenvalue weighted by Crippen LogP contribution is -2.08. The normalized spacial score (nSPS) is 12.2. The fourth-order valence-corrected chi connectivity index (χ4v) is 4.33. The number of phenols is 1. The molecule has 2 rings (SSSR count). The van der Waals surface area contributed by atoms with Crippen molar-refractivity contribution in [2.45, 2.75) is 13.0 Å². The number of rotatable bonds is 3. The molecule has 0 fully saturated rings. The van der Waals surface area contributed by atoms with E-state index in [4.69, 9.17) is 0 Å². The van der Waals surface area contributed by atoms with Crippen molar-refractivity contribution in [3.05, 3.63) is 55.1 Å². The molecule has 6 heteroatoms. The summed E-state index contributed by atoms with van der Waals surface area (Å²) in [4.78, 5) is 0. The van der Waals surface area contributed by atoms with Crippen LogP contribution in [0.2, 0.25) is 0 Å². The molecule has 2 aromatic carbocycles. The van der Waals surface area contributed by atoms with Crippen LogP contribution in [0.25, 0.3) is 0 Å². The van der Waals surface area contributed by atoms with E-state index in [2.05, 4.69) is 53.1 Å². The molecule has 0 heterocycles. The van der Waals surface area contributed by atoms with E-state index < -0.39 is 0 Å². The molecule has 1 atom stereocenters. The second kappa shape index (κ2) is 6.45. The zero-order valence-electron chi connectivity index (χ0n) is 10.4. The first-order valence-corrected chi connectivity index (χ1v) is 8.16. The van der Waals surface area contributed by atoms with Gasteiger partial charge < -0.3 is 10.4 Å². The summed E-state index contributed by atoms with van der Waals surface area (Å²) in [6.07, 6.45) is 0. The molecule has 0 aliphatic heterocycles. The average molecular weight is 468 g/mol. The van der Waals surface area contributed by atoms with Crippen molar-refractivity contribution in [2.24, 2.45) is 0 Å². The first-order chi connectivity index (χ1) is 9.38. The van der Waals surface area contributed by atoms with Gasteiger partial charge >= 0.3 is 0 Å². The lowest BCUT2D eigenvalue weighted by molar-refractivity contribution is 0.462. The van der Waals surface area contributed by atoms with Crippen LogP contribution in [0.4, 0.5) is 10.1 Å². The highest BCUT2D eigenvalue weighted by atomic mass is 79.9. The van der Waals surface area contributed by atoms with Crippen LogP contribution in [0.5, 0.6) is 5.75 Å². The van der Waals surface area contributed by atoms with Gasteiger partial charge in [0, 0.05) is 19.0 Å². The molecule has 2 N–H and O–H groups in total. The van der Waals surface area contributed by atoms with Gasteiger partial charge in [-0.2, -0.15) is 0 Å². The Balaban J connectivity index is 2.32. The van der Waals surface area contributed by atoms with Gasteiger partial charge in [-0.3, -0.25) is 0 Å². The van der Waals surface area contributed by atoms with E-state index in [1.165, 1.54) is 18.2 Å². The number of halogens is 4. The Morgan fingerprint density at radius 2 is 1.70 bits per heavy atom. The van der Waals surface area contributed by atoms with E-state index in [0.29, 0.717) is 5.56 Å². The van der Waals surface area contributed by atoms with Crippen molar-refractivity contribution in [3.63, 3.8) is 0 Å². The summed E-state index contributed by atoms with van der Waals surface area (Å²) in [5.41, 5.74) is 1.34. The van der Waals surface area contributed by atoms with Crippen LogP contribution < -0.4 is 5.32 Å². The number of hydrogen-bond donors (Lipinski definition) is 2. The zero-order chi connectivity index (χ0) is 14.9. The summed E-state index contributed by atoms with van der Waals surface area (Å²) < 4.78 is 16.0. The maximum atomic E-state index is 13.3. The Morgan fingerprint density at radius 3 is 2.30 bits per heavy atom. The van der Waals surface area contributed by atoms with Crippen LogP contribution >= 0.6 is 47.8 Å². The molecule has 0 saturated heterocycles. The van der Waals surface area contributed by atoms with Gasteiger partial charge in [0.05, 0.1) is 11.7 Å². The van der Waals surface area contributed by atoms with Crippen LogP contribution in [-0.2, 0) is 0 Å². The lowest BCUT2D eigenvalue weighted by atomic mass is 10.1. The number of anilines is 1. The maximum Gasteiger partial charge on any atom is 0.123 e. The molecule has 20 heavy (non-hydrogen) atoms. The summed E-state index contributed by atoms with van der Waals surface area (Å²) in [5.74, 6) is -0.309. The predicted molar refractivity (Wildman–Crippen MR) is 89.6 cm³/mol. The number of nitrogens with one attached hydrogen (secondary N) is 1. The van der Waals surface area contributed by atoms with Crippen molar-refractivity contribution >= 4 is 53.5 Å². The highest BCUT2D eigenvalue weighted by Crippen LogP contribution is 2.37. The maximum absolute atomic E-state index is 13.3. The summed E-state index contributed by atoms with van der Waals surface area (Å²) in [7, 11) is 0. The average Bonchev–Trinajstić information content (AvgIpc) is 2.36. The molecule has 106 valence electrons. The molecule has 0 bridgehead atoms. The predicted octanol–water partition coefficient (Wildman–Crippen LogP) is 5.99. The van der Waals surface area contributed by atoms with Gasteiger partial charge in [-0.15, -0.1) is 0 Å². The fraction of sp³-hybridized carbons (Fsp3) is 0.143. The summed E-state index contributed by atoms with van der Waals surface area (Å²) in [6.45, 7) is 1.86. The second-order valence-electron chi connectivity index (χ2n) is 4.31. The van der Waals surface area contributed by atoms with Gasteiger partial charge in [0.2, 0.25) is 0 Å². The highest BCUT2D eigenvalue weighted by molar-refractivity contribution is 9.11. The molecule has 1 unspecified atom stereocenters. The second-order valence-corrected chi connectivity index (χ2v) is 6.94. The third-order valence-electron chi connectivity index (χ3n) is 2.82. The summed E-state index contributed by atoms with van der Waals surface area (Å²) in [5, 5.41) is 13.1. The van der Waals surface area contributed by atoms with Crippen LogP contribution in [0.3, 0.4) is 0 Å². The molecule has 2 nitrogen and oxygen atoms in total. The third-order valence-corrected chi connectivity index (χ3v) is 4.53. The van der Waals surface area contributed by atoms with E-state index in [0.717, 1.165) is 19.1 Å². The van der Waals surface area contributed by atoms with Crippen LogP contribution in [0.1, 0.15) is 18.5 Å². The number of aromatic hydroxyl groups is 1. The highest BCUT2D eigenvalue weighted by Gasteiger charge is 2.15. The molecule has 0 aliphatic rings. The van der Waals surface area contributed by atoms with Gasteiger partial charge in [-0.25, -0.2) is 4.39 Å². The van der Waals surface area contributed by atoms with Crippen molar-refractivity contribution in [3.8, 4) is 5.75 Å². The van der Waals surface area contributed by atoms with Crippen molar-refractivity contribution in [1.82, 2.24) is 0 Å². The number of phenolic OH excluding ortho intramolecular Hbond substituents is 1. The Labute approximate surface area is 141 Å². The van der Waals surface area contributed by atoms with Crippen LogP contribution in [0, 0.1) is 5.82 Å². The first kappa shape index (κ1) is 15.8. The SMILES string of the molecule is CC(Nc1c(Br)cc(Br)cc1Br)c1cc(F)ccc1O. The molecule has 0 aromatic heterocycles. The van der Waals surface area contributed by atoms with E-state index in [9.17, 15) is 9.50 Å². The molecular weight excluding hydrogens is 457 g/mol. The minimum absolute atomic E-state index is 0.0655. The van der Waals surface area contributed by atoms with E-state index in [1.54, 1.807) is 0 Å². The Morgan fingerprint density at radius 1 is 1.10 bits per heavy atom. The minimum Gasteiger partial charge on any atom is -0.508 e. The van der Waals surface area contributed by atoms with Gasteiger partial charge in [-0.1, -0.05) is 15.9 Å². The van der Waals surface area contributed by atoms with Crippen molar-refractivity contribution in [2.75, 3.05) is 5.32 Å². The van der Waals surface area contributed by atoms with Gasteiger partial charge in [0.15, 0.2) is 0 Å². The van der Waals surface area contributed by atoms with Crippen LogP contribution in [0.15, 0.2) is 43.7 Å². The minimum atomic E-state index is -0.375. The Hall–Kier alpha value is -0.590. The molecule has 0 amide bonds. The molecule has 2 aromatic rings. The van der Waals surface area contributed by atoms with Crippen LogP contribution in [-0.4, -0.2) is 5.11 Å². The molecule has 0 radical (unpaired) electrons. The summed E-state index contributed by atoms with van der Waals surface area (Å²) >= 11 is 10.3. The van der Waals surface area contributed by atoms with E-state index >= 15 is 0 Å². The van der Waals surface area contributed by atoms with Gasteiger partial charge in [0.25, 0.3) is 0 Å². The van der Waals surface area contributed by atoms with Crippen molar-refractivity contribution in [1.29, 1.82) is 0 Å². The fourth-order valence-electron chi connectivity index (χ4n) is 1.85. The topological polar surface area (TPSA) is 32.3 Å². The summed E-state index contributed by atoms with van der Waals surface area (Å²) in [6, 6.07) is 7.48. The van der Waals surface area contributed by atoms with Gasteiger partial charge in [-0.05, 0) is 69.1 Å². The third kappa shape index (κ3) is 3.54. The molecule has 0 aliphatic carbocycles. The van der Waals surface area contributed by atoms with E-state index in [1.807, 2.05) is 19.1 Å². The lowest BCUT2D eigenvalue weighted by Gasteiger charge is -2.19. The zero-order valence-corrected chi connectivity index (χ0v) is 15.2. The van der Waals surface area contributed by atoms with Gasteiger partial charge in [0.1, 0.15) is 11.6 Å². The van der Waals surface area contributed by atoms with Crippen molar-refractivity contribution < 1.29 is 9.50 Å². The standard InChI is InChI=1S/C14H11Br3FNO/c1-7(10-6-9(18)2-3-13(10)20)19-14-11(16)4-8(15)5-12(14)17/h2-7,19-20H,1H3. The largest absolute Gasteiger partial charge is 0.508 e.